The molecule has 0 rings (SSSR count). The number of carbonyl (C=O) groups is 2. The van der Waals surface area contributed by atoms with Gasteiger partial charge in [-0.25, -0.2) is 9.59 Å². The van der Waals surface area contributed by atoms with Crippen molar-refractivity contribution in [2.75, 3.05) is 6.54 Å². The van der Waals surface area contributed by atoms with Crippen LogP contribution in [0, 0.1) is 0 Å². The van der Waals surface area contributed by atoms with Gasteiger partial charge in [0.05, 0.1) is 0 Å². The summed E-state index contributed by atoms with van der Waals surface area (Å²) in [7, 11) is 0. The van der Waals surface area contributed by atoms with E-state index in [1.54, 1.807) is 0 Å². The number of hydrogen-bond donors (Lipinski definition) is 2. The minimum atomic E-state index is -4.49. The summed E-state index contributed by atoms with van der Waals surface area (Å²) in [5, 5.41) is 1.45. The summed E-state index contributed by atoms with van der Waals surface area (Å²) in [4.78, 5) is 25.0. The van der Waals surface area contributed by atoms with Crippen molar-refractivity contribution < 1.29 is 27.6 Å². The van der Waals surface area contributed by atoms with Gasteiger partial charge < -0.3 is 10.2 Å². The molecule has 0 atom stereocenters. The highest BCUT2D eigenvalue weighted by molar-refractivity contribution is 5.76. The summed E-state index contributed by atoms with van der Waals surface area (Å²) >= 11 is 0. The highest BCUT2D eigenvalue weighted by Gasteiger charge is 2.27. The quantitative estimate of drug-likeness (QED) is 0.665. The van der Waals surface area contributed by atoms with E-state index in [9.17, 15) is 22.8 Å². The molecule has 2 N–H and O–H groups in total. The fraction of sp³-hybridized carbons (Fsp3) is 0.667. The molecule has 0 aromatic carbocycles. The molecular weight excluding hydrogens is 205 g/mol. The molecule has 0 aliphatic carbocycles. The lowest BCUT2D eigenvalue weighted by Gasteiger charge is -2.08. The van der Waals surface area contributed by atoms with Gasteiger partial charge in [0.2, 0.25) is 0 Å². The Morgan fingerprint density at radius 1 is 1.36 bits per heavy atom. The summed E-state index contributed by atoms with van der Waals surface area (Å²) in [6.07, 6.45) is -4.48. The Labute approximate surface area is 77.6 Å². The van der Waals surface area contributed by atoms with E-state index in [0.717, 1.165) is 0 Å². The first-order valence-corrected chi connectivity index (χ1v) is 3.65. The van der Waals surface area contributed by atoms with E-state index in [1.165, 1.54) is 17.7 Å². The molecule has 14 heavy (non-hydrogen) atoms. The molecule has 5 nitrogen and oxygen atoms in total. The molecule has 0 saturated carbocycles. The summed E-state index contributed by atoms with van der Waals surface area (Å²) in [6, 6.07) is -1.22. The molecule has 8 heteroatoms. The maximum Gasteiger partial charge on any atom is 0.405 e. The second kappa shape index (κ2) is 5.30. The minimum Gasteiger partial charge on any atom is -0.339 e. The van der Waals surface area contributed by atoms with Crippen LogP contribution in [-0.2, 0) is 9.63 Å². The van der Waals surface area contributed by atoms with Gasteiger partial charge >= 0.3 is 18.2 Å². The molecule has 0 aromatic rings. The molecule has 0 bridgehead atoms. The second-order valence-electron chi connectivity index (χ2n) is 2.23. The van der Waals surface area contributed by atoms with Gasteiger partial charge in [0, 0.05) is 6.42 Å². The number of rotatable bonds is 2. The molecule has 0 fully saturated rings. The third-order valence-electron chi connectivity index (χ3n) is 0.996. The number of hydroxylamine groups is 1. The van der Waals surface area contributed by atoms with Gasteiger partial charge in [-0.1, -0.05) is 6.92 Å². The molecular formula is C6H9F3N2O3. The SMILES string of the molecule is CCC(=O)ONC(=O)NCC(F)(F)F. The number of nitrogens with one attached hydrogen (secondary N) is 2. The third-order valence-corrected chi connectivity index (χ3v) is 0.996. The number of amides is 2. The lowest BCUT2D eigenvalue weighted by Crippen LogP contribution is -2.41. The fourth-order valence-corrected chi connectivity index (χ4v) is 0.392. The lowest BCUT2D eigenvalue weighted by atomic mass is 10.5. The largest absolute Gasteiger partial charge is 0.405 e. The highest BCUT2D eigenvalue weighted by atomic mass is 19.4. The van der Waals surface area contributed by atoms with Gasteiger partial charge in [0.1, 0.15) is 6.54 Å². The van der Waals surface area contributed by atoms with Crippen molar-refractivity contribution in [1.82, 2.24) is 10.8 Å². The summed E-state index contributed by atoms with van der Waals surface area (Å²) in [6.45, 7) is -0.0137. The topological polar surface area (TPSA) is 67.4 Å². The molecule has 82 valence electrons. The fourth-order valence-electron chi connectivity index (χ4n) is 0.392. The van der Waals surface area contributed by atoms with Crippen LogP contribution in [0.2, 0.25) is 0 Å². The average Bonchev–Trinajstić information content (AvgIpc) is 2.09. The summed E-state index contributed by atoms with van der Waals surface area (Å²) in [5.41, 5.74) is 1.51. The van der Waals surface area contributed by atoms with E-state index in [-0.39, 0.29) is 6.42 Å². The standard InChI is InChI=1S/C6H9F3N2O3/c1-2-4(12)14-11-5(13)10-3-6(7,8)9/h2-3H2,1H3,(H2,10,11,13). The van der Waals surface area contributed by atoms with Crippen molar-refractivity contribution in [2.45, 2.75) is 19.5 Å². The Kier molecular flexibility index (Phi) is 4.74. The Balaban J connectivity index is 3.62. The second-order valence-corrected chi connectivity index (χ2v) is 2.23. The number of carbonyl (C=O) groups excluding carboxylic acids is 2. The van der Waals surface area contributed by atoms with Crippen LogP contribution in [-0.4, -0.2) is 24.7 Å². The Hall–Kier alpha value is -1.47. The first kappa shape index (κ1) is 12.5. The molecule has 0 heterocycles. The Morgan fingerprint density at radius 2 is 1.93 bits per heavy atom. The van der Waals surface area contributed by atoms with Crippen LogP contribution >= 0.6 is 0 Å². The van der Waals surface area contributed by atoms with Gasteiger partial charge in [0.15, 0.2) is 0 Å². The van der Waals surface area contributed by atoms with Gasteiger partial charge in [0.25, 0.3) is 0 Å². The lowest BCUT2D eigenvalue weighted by molar-refractivity contribution is -0.148. The van der Waals surface area contributed by atoms with Crippen molar-refractivity contribution in [3.63, 3.8) is 0 Å². The smallest absolute Gasteiger partial charge is 0.339 e. The van der Waals surface area contributed by atoms with Crippen LogP contribution < -0.4 is 10.8 Å². The summed E-state index contributed by atoms with van der Waals surface area (Å²) < 4.78 is 34.6. The van der Waals surface area contributed by atoms with Crippen molar-refractivity contribution in [3.05, 3.63) is 0 Å². The summed E-state index contributed by atoms with van der Waals surface area (Å²) in [5.74, 6) is -0.743. The zero-order chi connectivity index (χ0) is 11.2. The van der Waals surface area contributed by atoms with Crippen LogP contribution in [0.1, 0.15) is 13.3 Å². The number of halogens is 3. The van der Waals surface area contributed by atoms with Gasteiger partial charge in [-0.05, 0) is 0 Å². The van der Waals surface area contributed by atoms with Crippen molar-refractivity contribution in [1.29, 1.82) is 0 Å². The maximum absolute atomic E-state index is 11.5. The number of urea groups is 1. The monoisotopic (exact) mass is 214 g/mol. The highest BCUT2D eigenvalue weighted by Crippen LogP contribution is 2.11. The molecule has 0 saturated heterocycles. The van der Waals surface area contributed by atoms with Crippen LogP contribution in [0.15, 0.2) is 0 Å². The van der Waals surface area contributed by atoms with Crippen LogP contribution in [0.4, 0.5) is 18.0 Å². The number of alkyl halides is 3. The maximum atomic E-state index is 11.5. The molecule has 2 amide bonds. The number of hydrogen-bond acceptors (Lipinski definition) is 3. The van der Waals surface area contributed by atoms with E-state index in [4.69, 9.17) is 0 Å². The zero-order valence-corrected chi connectivity index (χ0v) is 7.27. The van der Waals surface area contributed by atoms with E-state index in [2.05, 4.69) is 4.84 Å². The van der Waals surface area contributed by atoms with E-state index >= 15 is 0 Å². The molecule has 0 aromatic heterocycles. The van der Waals surface area contributed by atoms with Gasteiger partial charge in [-0.3, -0.25) is 0 Å². The Morgan fingerprint density at radius 3 is 2.36 bits per heavy atom. The zero-order valence-electron chi connectivity index (χ0n) is 7.27. The Bertz CT molecular complexity index is 217. The van der Waals surface area contributed by atoms with E-state index in [1.807, 2.05) is 0 Å². The molecule has 0 spiro atoms. The average molecular weight is 214 g/mol. The molecule has 0 unspecified atom stereocenters. The van der Waals surface area contributed by atoms with E-state index < -0.39 is 24.7 Å². The normalized spacial score (nSPS) is 10.6. The third kappa shape index (κ3) is 7.19. The van der Waals surface area contributed by atoms with Crippen LogP contribution in [0.3, 0.4) is 0 Å². The molecule has 0 aliphatic rings. The molecule has 0 aliphatic heterocycles. The van der Waals surface area contributed by atoms with Gasteiger partial charge in [-0.2, -0.15) is 18.7 Å². The molecule has 0 radical (unpaired) electrons. The van der Waals surface area contributed by atoms with E-state index in [0.29, 0.717) is 0 Å². The van der Waals surface area contributed by atoms with Crippen molar-refractivity contribution in [2.24, 2.45) is 0 Å². The van der Waals surface area contributed by atoms with Crippen LogP contribution in [0.5, 0.6) is 0 Å². The van der Waals surface area contributed by atoms with Gasteiger partial charge in [-0.15, -0.1) is 0 Å². The van der Waals surface area contributed by atoms with Crippen molar-refractivity contribution >= 4 is 12.0 Å². The first-order chi connectivity index (χ1) is 6.35. The van der Waals surface area contributed by atoms with Crippen molar-refractivity contribution in [3.8, 4) is 0 Å². The minimum absolute atomic E-state index is 0.0134. The van der Waals surface area contributed by atoms with Crippen LogP contribution in [0.25, 0.3) is 0 Å². The predicted octanol–water partition coefficient (Wildman–Crippen LogP) is 0.716. The predicted molar refractivity (Wildman–Crippen MR) is 39.0 cm³/mol. The first-order valence-electron chi connectivity index (χ1n) is 3.65.